The fraction of sp³-hybridized carbons (Fsp3) is 0.105. The van der Waals surface area contributed by atoms with Gasteiger partial charge < -0.3 is 4.74 Å². The molecule has 1 aromatic heterocycles. The molecular formula is C19H15BrN2O3S. The second-order valence-corrected chi connectivity index (χ2v) is 7.07. The van der Waals surface area contributed by atoms with Gasteiger partial charge in [0.25, 0.3) is 5.91 Å². The van der Waals surface area contributed by atoms with Gasteiger partial charge in [0, 0.05) is 10.0 Å². The Morgan fingerprint density at radius 1 is 1.12 bits per heavy atom. The van der Waals surface area contributed by atoms with Crippen molar-refractivity contribution in [3.8, 4) is 11.3 Å². The Balaban J connectivity index is 1.95. The first-order chi connectivity index (χ1) is 12.6. The zero-order valence-corrected chi connectivity index (χ0v) is 16.3. The molecule has 132 valence electrons. The number of hydrogen-bond acceptors (Lipinski definition) is 5. The lowest BCUT2D eigenvalue weighted by Gasteiger charge is -2.03. The molecule has 2 aromatic carbocycles. The number of thiazole rings is 1. The molecule has 0 radical (unpaired) electrons. The zero-order chi connectivity index (χ0) is 18.5. The van der Waals surface area contributed by atoms with Crippen LogP contribution in [-0.2, 0) is 4.74 Å². The predicted molar refractivity (Wildman–Crippen MR) is 106 cm³/mol. The van der Waals surface area contributed by atoms with Gasteiger partial charge in [0.05, 0.1) is 17.9 Å². The van der Waals surface area contributed by atoms with E-state index in [-0.39, 0.29) is 12.5 Å². The van der Waals surface area contributed by atoms with Crippen LogP contribution in [0.5, 0.6) is 0 Å². The molecule has 0 aliphatic heterocycles. The number of amides is 1. The molecule has 5 nitrogen and oxygen atoms in total. The number of halogens is 1. The Labute approximate surface area is 163 Å². The largest absolute Gasteiger partial charge is 0.462 e. The smallest absolute Gasteiger partial charge is 0.350 e. The van der Waals surface area contributed by atoms with Crippen molar-refractivity contribution in [3.63, 3.8) is 0 Å². The Hall–Kier alpha value is -2.51. The second kappa shape index (κ2) is 8.25. The minimum absolute atomic E-state index is 0.267. The van der Waals surface area contributed by atoms with Gasteiger partial charge in [-0.25, -0.2) is 9.78 Å². The monoisotopic (exact) mass is 430 g/mol. The summed E-state index contributed by atoms with van der Waals surface area (Å²) in [7, 11) is 0. The molecule has 0 spiro atoms. The van der Waals surface area contributed by atoms with Crippen LogP contribution in [0, 0.1) is 0 Å². The Morgan fingerprint density at radius 3 is 2.50 bits per heavy atom. The number of rotatable bonds is 5. The lowest BCUT2D eigenvalue weighted by molar-refractivity contribution is 0.0532. The van der Waals surface area contributed by atoms with Crippen molar-refractivity contribution in [2.75, 3.05) is 11.9 Å². The minimum atomic E-state index is -0.453. The van der Waals surface area contributed by atoms with Crippen molar-refractivity contribution in [1.82, 2.24) is 4.98 Å². The van der Waals surface area contributed by atoms with E-state index in [1.807, 2.05) is 36.4 Å². The number of hydrogen-bond donors (Lipinski definition) is 1. The van der Waals surface area contributed by atoms with Crippen LogP contribution in [0.3, 0.4) is 0 Å². The van der Waals surface area contributed by atoms with Crippen molar-refractivity contribution in [1.29, 1.82) is 0 Å². The number of ether oxygens (including phenoxy) is 1. The van der Waals surface area contributed by atoms with Crippen LogP contribution in [0.2, 0.25) is 0 Å². The standard InChI is InChI=1S/C19H15BrN2O3S/c1-2-25-18(24)16-15(12-8-4-3-5-9-12)21-19(26-16)22-17(23)13-10-6-7-11-14(13)20/h3-11H,2H2,1H3,(H,21,22,23). The van der Waals surface area contributed by atoms with Gasteiger partial charge >= 0.3 is 5.97 Å². The van der Waals surface area contributed by atoms with Gasteiger partial charge in [0.15, 0.2) is 5.13 Å². The molecule has 0 saturated heterocycles. The number of esters is 1. The average molecular weight is 431 g/mol. The number of anilines is 1. The van der Waals surface area contributed by atoms with Crippen LogP contribution in [0.25, 0.3) is 11.3 Å². The van der Waals surface area contributed by atoms with E-state index >= 15 is 0 Å². The lowest BCUT2D eigenvalue weighted by atomic mass is 10.1. The van der Waals surface area contributed by atoms with E-state index in [1.165, 1.54) is 0 Å². The van der Waals surface area contributed by atoms with E-state index < -0.39 is 5.97 Å². The van der Waals surface area contributed by atoms with Gasteiger partial charge in [0.1, 0.15) is 4.88 Å². The minimum Gasteiger partial charge on any atom is -0.462 e. The first-order valence-electron chi connectivity index (χ1n) is 7.89. The molecule has 0 unspecified atom stereocenters. The summed E-state index contributed by atoms with van der Waals surface area (Å²) >= 11 is 4.46. The van der Waals surface area contributed by atoms with E-state index in [2.05, 4.69) is 26.2 Å². The molecule has 0 fully saturated rings. The molecule has 7 heteroatoms. The van der Waals surface area contributed by atoms with Crippen LogP contribution >= 0.6 is 27.3 Å². The molecule has 0 bridgehead atoms. The molecule has 0 atom stereocenters. The van der Waals surface area contributed by atoms with Crippen LogP contribution in [0.1, 0.15) is 27.0 Å². The average Bonchev–Trinajstić information content (AvgIpc) is 3.07. The fourth-order valence-electron chi connectivity index (χ4n) is 2.31. The highest BCUT2D eigenvalue weighted by molar-refractivity contribution is 9.10. The Bertz CT molecular complexity index is 941. The third-order valence-electron chi connectivity index (χ3n) is 3.47. The molecule has 1 heterocycles. The predicted octanol–water partition coefficient (Wildman–Crippen LogP) is 5.00. The summed E-state index contributed by atoms with van der Waals surface area (Å²) in [6, 6.07) is 16.4. The SMILES string of the molecule is CCOC(=O)c1sc(NC(=O)c2ccccc2Br)nc1-c1ccccc1. The summed E-state index contributed by atoms with van der Waals surface area (Å²) in [6.07, 6.45) is 0. The van der Waals surface area contributed by atoms with Gasteiger partial charge in [-0.15, -0.1) is 0 Å². The highest BCUT2D eigenvalue weighted by atomic mass is 79.9. The third kappa shape index (κ3) is 4.00. The molecule has 1 amide bonds. The second-order valence-electron chi connectivity index (χ2n) is 5.22. The first-order valence-corrected chi connectivity index (χ1v) is 9.50. The molecule has 0 aliphatic rings. The van der Waals surface area contributed by atoms with Gasteiger partial charge in [-0.1, -0.05) is 53.8 Å². The van der Waals surface area contributed by atoms with Gasteiger partial charge in [-0.3, -0.25) is 10.1 Å². The van der Waals surface area contributed by atoms with Crippen LogP contribution in [-0.4, -0.2) is 23.5 Å². The molecular weight excluding hydrogens is 416 g/mol. The summed E-state index contributed by atoms with van der Waals surface area (Å²) in [6.45, 7) is 2.01. The van der Waals surface area contributed by atoms with Crippen LogP contribution < -0.4 is 5.32 Å². The summed E-state index contributed by atoms with van der Waals surface area (Å²) in [5.74, 6) is -0.758. The van der Waals surface area contributed by atoms with Gasteiger partial charge in [0.2, 0.25) is 0 Å². The van der Waals surface area contributed by atoms with E-state index in [0.29, 0.717) is 25.7 Å². The molecule has 26 heavy (non-hydrogen) atoms. The highest BCUT2D eigenvalue weighted by Crippen LogP contribution is 2.32. The number of nitrogens with one attached hydrogen (secondary N) is 1. The van der Waals surface area contributed by atoms with Crippen molar-refractivity contribution in [2.45, 2.75) is 6.92 Å². The van der Waals surface area contributed by atoms with Gasteiger partial charge in [-0.05, 0) is 35.0 Å². The fourth-order valence-corrected chi connectivity index (χ4v) is 3.65. The summed E-state index contributed by atoms with van der Waals surface area (Å²) in [5.41, 5.74) is 1.77. The van der Waals surface area contributed by atoms with E-state index in [4.69, 9.17) is 4.74 Å². The topological polar surface area (TPSA) is 68.3 Å². The van der Waals surface area contributed by atoms with Crippen molar-refractivity contribution in [2.24, 2.45) is 0 Å². The van der Waals surface area contributed by atoms with E-state index in [1.54, 1.807) is 25.1 Å². The summed E-state index contributed by atoms with van der Waals surface area (Å²) in [4.78, 5) is 29.6. The first kappa shape index (κ1) is 18.3. The maximum atomic E-state index is 12.5. The molecule has 3 aromatic rings. The molecule has 3 rings (SSSR count). The summed E-state index contributed by atoms with van der Waals surface area (Å²) in [5, 5.41) is 3.10. The normalized spacial score (nSPS) is 10.4. The Morgan fingerprint density at radius 2 is 1.81 bits per heavy atom. The quantitative estimate of drug-likeness (QED) is 0.578. The Kier molecular flexibility index (Phi) is 5.80. The third-order valence-corrected chi connectivity index (χ3v) is 5.12. The van der Waals surface area contributed by atoms with E-state index in [0.717, 1.165) is 16.9 Å². The zero-order valence-electron chi connectivity index (χ0n) is 13.9. The number of carbonyl (C=O) groups excluding carboxylic acids is 2. The number of nitrogens with zero attached hydrogens (tertiary/aromatic N) is 1. The number of carbonyl (C=O) groups is 2. The lowest BCUT2D eigenvalue weighted by Crippen LogP contribution is -2.12. The number of aromatic nitrogens is 1. The molecule has 0 aliphatic carbocycles. The van der Waals surface area contributed by atoms with Crippen molar-refractivity contribution >= 4 is 44.3 Å². The van der Waals surface area contributed by atoms with Crippen LogP contribution in [0.15, 0.2) is 59.1 Å². The van der Waals surface area contributed by atoms with E-state index in [9.17, 15) is 9.59 Å². The maximum absolute atomic E-state index is 12.5. The van der Waals surface area contributed by atoms with Crippen molar-refractivity contribution in [3.05, 3.63) is 69.5 Å². The van der Waals surface area contributed by atoms with Crippen LogP contribution in [0.4, 0.5) is 5.13 Å². The van der Waals surface area contributed by atoms with Crippen molar-refractivity contribution < 1.29 is 14.3 Å². The van der Waals surface area contributed by atoms with Gasteiger partial charge in [-0.2, -0.15) is 0 Å². The summed E-state index contributed by atoms with van der Waals surface area (Å²) < 4.78 is 5.81. The maximum Gasteiger partial charge on any atom is 0.350 e. The number of benzene rings is 2. The molecule has 0 saturated carbocycles. The highest BCUT2D eigenvalue weighted by Gasteiger charge is 2.22. The molecule has 1 N–H and O–H groups in total.